The summed E-state index contributed by atoms with van der Waals surface area (Å²) >= 11 is 0. The van der Waals surface area contributed by atoms with Gasteiger partial charge in [-0.15, -0.1) is 35.9 Å². The van der Waals surface area contributed by atoms with Gasteiger partial charge < -0.3 is 9.67 Å². The van der Waals surface area contributed by atoms with Crippen molar-refractivity contribution in [2.24, 2.45) is 7.05 Å². The van der Waals surface area contributed by atoms with Crippen molar-refractivity contribution in [1.82, 2.24) is 9.55 Å². The number of aliphatic hydroxyl groups is 1. The Morgan fingerprint density at radius 3 is 2.29 bits per heavy atom. The first-order valence-corrected chi connectivity index (χ1v) is 6.25. The van der Waals surface area contributed by atoms with Crippen LogP contribution in [0.5, 0.6) is 0 Å². The number of allylic oxidation sites excluding steroid dienone is 2. The van der Waals surface area contributed by atoms with Crippen molar-refractivity contribution >= 4 is 5.78 Å². The summed E-state index contributed by atoms with van der Waals surface area (Å²) in [4.78, 5) is 14.6. The average Bonchev–Trinajstić information content (AvgIpc) is 2.85. The van der Waals surface area contributed by atoms with Crippen molar-refractivity contribution in [1.29, 1.82) is 0 Å². The molecule has 0 atom stereocenters. The van der Waals surface area contributed by atoms with Gasteiger partial charge in [-0.2, -0.15) is 0 Å². The summed E-state index contributed by atoms with van der Waals surface area (Å²) in [6.45, 7) is 4.52. The van der Waals surface area contributed by atoms with E-state index in [0.717, 1.165) is 11.4 Å². The summed E-state index contributed by atoms with van der Waals surface area (Å²) in [5.74, 6) is 0.984. The van der Waals surface area contributed by atoms with E-state index in [1.54, 1.807) is 13.1 Å². The Morgan fingerprint density at radius 2 is 1.95 bits per heavy atom. The molecule has 0 radical (unpaired) electrons. The fourth-order valence-electron chi connectivity index (χ4n) is 1.41. The van der Waals surface area contributed by atoms with E-state index in [9.17, 15) is 4.79 Å². The van der Waals surface area contributed by atoms with Crippen molar-refractivity contribution in [2.45, 2.75) is 20.8 Å². The zero-order valence-electron chi connectivity index (χ0n) is 12.5. The maximum absolute atomic E-state index is 10.4. The number of carbonyl (C=O) groups is 1. The topological polar surface area (TPSA) is 55.1 Å². The largest absolute Gasteiger partial charge is 0.512 e. The molecular formula is C16H19N2O2Pt-. The summed E-state index contributed by atoms with van der Waals surface area (Å²) in [7, 11) is 1.98. The van der Waals surface area contributed by atoms with Crippen LogP contribution in [0.25, 0.3) is 11.4 Å². The van der Waals surface area contributed by atoms with E-state index in [-0.39, 0.29) is 32.6 Å². The molecule has 0 fully saturated rings. The van der Waals surface area contributed by atoms with E-state index >= 15 is 0 Å². The monoisotopic (exact) mass is 466 g/mol. The summed E-state index contributed by atoms with van der Waals surface area (Å²) in [5, 5.41) is 8.65. The van der Waals surface area contributed by atoms with Crippen molar-refractivity contribution in [3.8, 4) is 11.4 Å². The van der Waals surface area contributed by atoms with Crippen LogP contribution in [-0.2, 0) is 32.9 Å². The Hall–Kier alpha value is -1.67. The van der Waals surface area contributed by atoms with Gasteiger partial charge in [0.1, 0.15) is 0 Å². The Balaban J connectivity index is 0.000000397. The molecule has 0 saturated carbocycles. The minimum absolute atomic E-state index is 0. The molecule has 1 aromatic carbocycles. The molecule has 5 heteroatoms. The smallest absolute Gasteiger partial charge is 0.158 e. The molecule has 0 amide bonds. The molecule has 21 heavy (non-hydrogen) atoms. The Bertz CT molecular complexity index is 600. The maximum atomic E-state index is 10.4. The molecule has 1 aromatic heterocycles. The Kier molecular flexibility index (Phi) is 8.56. The number of imidazole rings is 1. The molecule has 2 rings (SSSR count). The van der Waals surface area contributed by atoms with Gasteiger partial charge in [0.05, 0.1) is 11.6 Å². The molecule has 0 spiro atoms. The van der Waals surface area contributed by atoms with Crippen LogP contribution in [0.1, 0.15) is 20.8 Å². The summed E-state index contributed by atoms with van der Waals surface area (Å²) in [5.41, 5.74) is 1.47. The van der Waals surface area contributed by atoms with Crippen molar-refractivity contribution in [3.63, 3.8) is 0 Å². The molecule has 0 unspecified atom stereocenters. The van der Waals surface area contributed by atoms with Gasteiger partial charge in [-0.3, -0.25) is 9.78 Å². The summed E-state index contributed by atoms with van der Waals surface area (Å²) < 4.78 is 1.98. The molecule has 2 aromatic rings. The Labute approximate surface area is 139 Å². The van der Waals surface area contributed by atoms with E-state index < -0.39 is 0 Å². The number of aryl methyl sites for hydroxylation is 1. The predicted octanol–water partition coefficient (Wildman–Crippen LogP) is 3.31. The van der Waals surface area contributed by atoms with E-state index in [4.69, 9.17) is 5.11 Å². The number of rotatable bonds is 2. The maximum Gasteiger partial charge on any atom is 0.158 e. The van der Waals surface area contributed by atoms with Crippen molar-refractivity contribution in [3.05, 3.63) is 54.1 Å². The molecule has 0 bridgehead atoms. The Morgan fingerprint density at radius 1 is 1.29 bits per heavy atom. The third-order valence-corrected chi connectivity index (χ3v) is 2.84. The molecule has 0 saturated heterocycles. The number of Topliss-reactive ketones (excluding diaryl/α,β-unsaturated/α-hetero) is 1. The van der Waals surface area contributed by atoms with E-state index in [1.165, 1.54) is 13.8 Å². The predicted molar refractivity (Wildman–Crippen MR) is 79.2 cm³/mol. The number of benzene rings is 1. The number of aliphatic hydroxyl groups excluding tert-OH is 1. The zero-order valence-corrected chi connectivity index (χ0v) is 14.8. The normalized spacial score (nSPS) is 10.7. The van der Waals surface area contributed by atoms with Gasteiger partial charge in [0.25, 0.3) is 0 Å². The first kappa shape index (κ1) is 19.3. The molecule has 0 aliphatic carbocycles. The van der Waals surface area contributed by atoms with Gasteiger partial charge in [0, 0.05) is 46.1 Å². The number of nitrogens with zero attached hydrogens (tertiary/aromatic N) is 2. The van der Waals surface area contributed by atoms with E-state index in [2.05, 4.69) is 11.1 Å². The fraction of sp³-hybridized carbons (Fsp3) is 0.250. The van der Waals surface area contributed by atoms with E-state index in [0.29, 0.717) is 5.57 Å². The van der Waals surface area contributed by atoms with Crippen LogP contribution in [0.15, 0.2) is 48.0 Å². The molecule has 0 aliphatic heterocycles. The SMILES string of the molecule is CC(=O)/C(C)=C(/C)O.Cn1ccnc1-c1[c-]cccc1.[Pt]. The van der Waals surface area contributed by atoms with Gasteiger partial charge >= 0.3 is 0 Å². The molecule has 1 heterocycles. The fourth-order valence-corrected chi connectivity index (χ4v) is 1.41. The van der Waals surface area contributed by atoms with Crippen molar-refractivity contribution < 1.29 is 31.0 Å². The molecule has 0 aliphatic rings. The quantitative estimate of drug-likeness (QED) is 0.420. The van der Waals surface area contributed by atoms with Gasteiger partial charge in [0.2, 0.25) is 0 Å². The third kappa shape index (κ3) is 6.09. The van der Waals surface area contributed by atoms with Crippen molar-refractivity contribution in [2.75, 3.05) is 0 Å². The summed E-state index contributed by atoms with van der Waals surface area (Å²) in [6, 6.07) is 11.0. The van der Waals surface area contributed by atoms with Crippen LogP contribution in [0, 0.1) is 6.07 Å². The standard InChI is InChI=1S/C10H9N2.C6H10O2.Pt/c1-12-8-7-11-10(12)9-5-3-2-4-6-9;1-4(5(2)7)6(3)8;/h2-5,7-8H,1H3;7H,1-3H3;/q-1;;/b;5-4-;. The van der Waals surface area contributed by atoms with Crippen LogP contribution >= 0.6 is 0 Å². The average molecular weight is 466 g/mol. The van der Waals surface area contributed by atoms with E-state index in [1.807, 2.05) is 42.1 Å². The second-order valence-electron chi connectivity index (χ2n) is 4.40. The van der Waals surface area contributed by atoms with Crippen LogP contribution < -0.4 is 0 Å². The summed E-state index contributed by atoms with van der Waals surface area (Å²) in [6.07, 6.45) is 3.71. The van der Waals surface area contributed by atoms with Gasteiger partial charge in [0.15, 0.2) is 5.78 Å². The number of aromatic nitrogens is 2. The van der Waals surface area contributed by atoms with Crippen LogP contribution in [0.3, 0.4) is 0 Å². The third-order valence-electron chi connectivity index (χ3n) is 2.84. The van der Waals surface area contributed by atoms with Crippen LogP contribution in [0.2, 0.25) is 0 Å². The molecule has 1 N–H and O–H groups in total. The van der Waals surface area contributed by atoms with Gasteiger partial charge in [-0.1, -0.05) is 0 Å². The first-order chi connectivity index (χ1) is 9.43. The minimum Gasteiger partial charge on any atom is -0.512 e. The van der Waals surface area contributed by atoms with Crippen LogP contribution in [-0.4, -0.2) is 20.4 Å². The van der Waals surface area contributed by atoms with Gasteiger partial charge in [-0.25, -0.2) is 0 Å². The number of ketones is 1. The second-order valence-corrected chi connectivity index (χ2v) is 4.40. The van der Waals surface area contributed by atoms with Gasteiger partial charge in [-0.05, 0) is 20.8 Å². The molecular weight excluding hydrogens is 447 g/mol. The zero-order chi connectivity index (χ0) is 15.1. The van der Waals surface area contributed by atoms with Crippen LogP contribution in [0.4, 0.5) is 0 Å². The number of carbonyl (C=O) groups excluding carboxylic acids is 1. The number of hydrogen-bond donors (Lipinski definition) is 1. The minimum atomic E-state index is -0.0787. The molecule has 4 nitrogen and oxygen atoms in total. The first-order valence-electron chi connectivity index (χ1n) is 6.25. The number of hydrogen-bond acceptors (Lipinski definition) is 3. The molecule has 116 valence electrons. The second kappa shape index (κ2) is 9.30.